The first-order valence-corrected chi connectivity index (χ1v) is 4.94. The number of para-hydroxylation sites is 1. The smallest absolute Gasteiger partial charge is 0.267 e. The van der Waals surface area contributed by atoms with Gasteiger partial charge in [-0.25, -0.2) is 0 Å². The number of halogens is 2. The molecule has 3 nitrogen and oxygen atoms in total. The summed E-state index contributed by atoms with van der Waals surface area (Å²) in [7, 11) is 0. The van der Waals surface area contributed by atoms with Crippen LogP contribution in [0.2, 0.25) is 10.0 Å². The molecule has 1 aromatic heterocycles. The molecule has 0 radical (unpaired) electrons. The molecule has 0 atom stereocenters. The first-order valence-electron chi connectivity index (χ1n) is 4.19. The van der Waals surface area contributed by atoms with Crippen molar-refractivity contribution < 1.29 is 0 Å². The summed E-state index contributed by atoms with van der Waals surface area (Å²) < 4.78 is 1.17. The molecule has 0 unspecified atom stereocenters. The zero-order valence-corrected chi connectivity index (χ0v) is 9.03. The third-order valence-electron chi connectivity index (χ3n) is 1.87. The van der Waals surface area contributed by atoms with Gasteiger partial charge in [-0.15, -0.1) is 0 Å². The van der Waals surface area contributed by atoms with Crippen LogP contribution >= 0.6 is 23.2 Å². The molecule has 2 aromatic rings. The Morgan fingerprint density at radius 3 is 2.33 bits per heavy atom. The average molecular weight is 241 g/mol. The van der Waals surface area contributed by atoms with Gasteiger partial charge in [-0.3, -0.25) is 4.79 Å². The van der Waals surface area contributed by atoms with Crippen molar-refractivity contribution in [3.05, 3.63) is 56.9 Å². The molecule has 0 amide bonds. The minimum Gasteiger partial charge on any atom is -0.267 e. The number of aromatic nitrogens is 2. The minimum atomic E-state index is -0.271. The number of rotatable bonds is 1. The van der Waals surface area contributed by atoms with E-state index in [1.54, 1.807) is 24.3 Å². The lowest BCUT2D eigenvalue weighted by molar-refractivity contribution is 0.807. The Bertz CT molecular complexity index is 531. The third kappa shape index (κ3) is 1.89. The van der Waals surface area contributed by atoms with Gasteiger partial charge in [-0.1, -0.05) is 29.3 Å². The lowest BCUT2D eigenvalue weighted by atomic mass is 10.3. The molecule has 1 heterocycles. The largest absolute Gasteiger partial charge is 0.271 e. The van der Waals surface area contributed by atoms with Crippen molar-refractivity contribution in [2.75, 3.05) is 0 Å². The van der Waals surface area contributed by atoms with Gasteiger partial charge in [0, 0.05) is 12.3 Å². The fourth-order valence-electron chi connectivity index (χ4n) is 1.22. The maximum atomic E-state index is 11.5. The summed E-state index contributed by atoms with van der Waals surface area (Å²) in [5.74, 6) is 0. The van der Waals surface area contributed by atoms with E-state index in [2.05, 4.69) is 5.10 Å². The summed E-state index contributed by atoms with van der Waals surface area (Å²) >= 11 is 11.9. The van der Waals surface area contributed by atoms with Crippen LogP contribution in [0.4, 0.5) is 0 Å². The molecule has 0 aliphatic carbocycles. The van der Waals surface area contributed by atoms with Crippen LogP contribution in [0.1, 0.15) is 0 Å². The lowest BCUT2D eigenvalue weighted by Gasteiger charge is -2.07. The number of hydrogen-bond acceptors (Lipinski definition) is 2. The minimum absolute atomic E-state index is 0.271. The van der Waals surface area contributed by atoms with E-state index in [1.165, 1.54) is 16.9 Å². The zero-order chi connectivity index (χ0) is 10.8. The number of hydrogen-bond donors (Lipinski definition) is 0. The molecule has 0 N–H and O–H groups in total. The van der Waals surface area contributed by atoms with E-state index in [4.69, 9.17) is 23.2 Å². The van der Waals surface area contributed by atoms with Gasteiger partial charge in [0.25, 0.3) is 5.56 Å². The van der Waals surface area contributed by atoms with Gasteiger partial charge in [0.2, 0.25) is 0 Å². The Labute approximate surface area is 95.9 Å². The summed E-state index contributed by atoms with van der Waals surface area (Å²) in [5.41, 5.74) is 0.138. The average Bonchev–Trinajstić information content (AvgIpc) is 2.20. The fourth-order valence-corrected chi connectivity index (χ4v) is 1.77. The van der Waals surface area contributed by atoms with Gasteiger partial charge in [0.05, 0.1) is 10.0 Å². The van der Waals surface area contributed by atoms with Gasteiger partial charge in [0.15, 0.2) is 0 Å². The van der Waals surface area contributed by atoms with Crippen LogP contribution in [0.15, 0.2) is 41.3 Å². The van der Waals surface area contributed by atoms with Crippen LogP contribution in [-0.2, 0) is 0 Å². The van der Waals surface area contributed by atoms with Crippen molar-refractivity contribution >= 4 is 23.2 Å². The van der Waals surface area contributed by atoms with Crippen molar-refractivity contribution in [2.24, 2.45) is 0 Å². The van der Waals surface area contributed by atoms with Crippen molar-refractivity contribution in [2.45, 2.75) is 0 Å². The van der Waals surface area contributed by atoms with E-state index >= 15 is 0 Å². The molecule has 0 saturated heterocycles. The quantitative estimate of drug-likeness (QED) is 0.768. The molecule has 0 aliphatic rings. The highest BCUT2D eigenvalue weighted by atomic mass is 35.5. The van der Waals surface area contributed by atoms with E-state index in [0.717, 1.165) is 0 Å². The number of nitrogens with zero attached hydrogens (tertiary/aromatic N) is 2. The SMILES string of the molecule is O=c1cccnn1-c1c(Cl)cccc1Cl. The molecule has 0 spiro atoms. The van der Waals surface area contributed by atoms with E-state index < -0.39 is 0 Å². The van der Waals surface area contributed by atoms with Crippen molar-refractivity contribution in [3.8, 4) is 5.69 Å². The molecule has 0 bridgehead atoms. The highest BCUT2D eigenvalue weighted by Gasteiger charge is 2.09. The summed E-state index contributed by atoms with van der Waals surface area (Å²) in [6.45, 7) is 0. The highest BCUT2D eigenvalue weighted by Crippen LogP contribution is 2.26. The van der Waals surface area contributed by atoms with Crippen LogP contribution in [0.3, 0.4) is 0 Å². The Balaban J connectivity index is 2.75. The Hall–Kier alpha value is -1.32. The van der Waals surface area contributed by atoms with Gasteiger partial charge < -0.3 is 0 Å². The highest BCUT2D eigenvalue weighted by molar-refractivity contribution is 6.37. The van der Waals surface area contributed by atoms with Gasteiger partial charge in [-0.05, 0) is 18.2 Å². The Morgan fingerprint density at radius 1 is 1.07 bits per heavy atom. The van der Waals surface area contributed by atoms with Crippen LogP contribution in [0.5, 0.6) is 0 Å². The molecule has 76 valence electrons. The van der Waals surface area contributed by atoms with Crippen LogP contribution in [-0.4, -0.2) is 9.78 Å². The van der Waals surface area contributed by atoms with Crippen LogP contribution in [0, 0.1) is 0 Å². The Kier molecular flexibility index (Phi) is 2.75. The molecule has 0 fully saturated rings. The predicted octanol–water partition coefficient (Wildman–Crippen LogP) is 2.54. The molecule has 5 heteroatoms. The fraction of sp³-hybridized carbons (Fsp3) is 0. The van der Waals surface area contributed by atoms with E-state index in [0.29, 0.717) is 15.7 Å². The topological polar surface area (TPSA) is 34.9 Å². The van der Waals surface area contributed by atoms with Crippen molar-refractivity contribution in [1.82, 2.24) is 9.78 Å². The van der Waals surface area contributed by atoms with Crippen molar-refractivity contribution in [1.29, 1.82) is 0 Å². The maximum Gasteiger partial charge on any atom is 0.271 e. The second-order valence-corrected chi connectivity index (χ2v) is 3.66. The van der Waals surface area contributed by atoms with Gasteiger partial charge in [-0.2, -0.15) is 9.78 Å². The summed E-state index contributed by atoms with van der Waals surface area (Å²) in [4.78, 5) is 11.5. The van der Waals surface area contributed by atoms with E-state index in [-0.39, 0.29) is 5.56 Å². The molecular formula is C10H6Cl2N2O. The molecule has 0 saturated carbocycles. The second kappa shape index (κ2) is 4.04. The summed E-state index contributed by atoms with van der Waals surface area (Å²) in [6.07, 6.45) is 1.50. The monoisotopic (exact) mass is 240 g/mol. The zero-order valence-electron chi connectivity index (χ0n) is 7.52. The first-order chi connectivity index (χ1) is 7.20. The molecular weight excluding hydrogens is 235 g/mol. The lowest BCUT2D eigenvalue weighted by Crippen LogP contribution is -2.19. The van der Waals surface area contributed by atoms with Crippen LogP contribution in [0.25, 0.3) is 5.69 Å². The summed E-state index contributed by atoms with van der Waals surface area (Å²) in [5, 5.41) is 4.69. The molecule has 15 heavy (non-hydrogen) atoms. The van der Waals surface area contributed by atoms with Crippen molar-refractivity contribution in [3.63, 3.8) is 0 Å². The summed E-state index contributed by atoms with van der Waals surface area (Å²) in [6, 6.07) is 7.98. The van der Waals surface area contributed by atoms with E-state index in [9.17, 15) is 4.79 Å². The third-order valence-corrected chi connectivity index (χ3v) is 2.48. The molecule has 2 rings (SSSR count). The van der Waals surface area contributed by atoms with Crippen LogP contribution < -0.4 is 5.56 Å². The molecule has 0 aliphatic heterocycles. The molecule has 1 aromatic carbocycles. The predicted molar refractivity (Wildman–Crippen MR) is 59.9 cm³/mol. The van der Waals surface area contributed by atoms with E-state index in [1.807, 2.05) is 0 Å². The standard InChI is InChI=1S/C10H6Cl2N2O/c11-7-3-1-4-8(12)10(7)14-9(15)5-2-6-13-14/h1-6H. The number of benzene rings is 1. The van der Waals surface area contributed by atoms with Gasteiger partial charge in [0.1, 0.15) is 5.69 Å². The first kappa shape index (κ1) is 10.2. The second-order valence-electron chi connectivity index (χ2n) is 2.84. The van der Waals surface area contributed by atoms with Gasteiger partial charge >= 0.3 is 0 Å². The Morgan fingerprint density at radius 2 is 1.73 bits per heavy atom. The normalized spacial score (nSPS) is 10.3. The maximum absolute atomic E-state index is 11.5.